The minimum absolute atomic E-state index is 0.0721. The number of hydrogen-bond acceptors (Lipinski definition) is 3. The van der Waals surface area contributed by atoms with Crippen molar-refractivity contribution in [2.75, 3.05) is 6.54 Å². The smallest absolute Gasteiger partial charge is 0.326 e. The lowest BCUT2D eigenvalue weighted by atomic mass is 10.0. The molecular formula is C22H29N3O3. The zero-order valence-electron chi connectivity index (χ0n) is 16.9. The van der Waals surface area contributed by atoms with E-state index in [1.165, 1.54) is 11.1 Å². The minimum atomic E-state index is -0.897. The molecule has 1 saturated heterocycles. The van der Waals surface area contributed by atoms with Crippen LogP contribution < -0.4 is 0 Å². The number of carboxylic acid groups (broad SMARTS) is 1. The summed E-state index contributed by atoms with van der Waals surface area (Å²) >= 11 is 0. The van der Waals surface area contributed by atoms with Gasteiger partial charge in [0.15, 0.2) is 0 Å². The Balaban J connectivity index is 1.67. The lowest BCUT2D eigenvalue weighted by molar-refractivity contribution is -0.152. The molecule has 1 aromatic carbocycles. The van der Waals surface area contributed by atoms with Gasteiger partial charge in [0.2, 0.25) is 5.91 Å². The highest BCUT2D eigenvalue weighted by Gasteiger charge is 2.31. The maximum absolute atomic E-state index is 12.7. The van der Waals surface area contributed by atoms with E-state index in [4.69, 9.17) is 0 Å². The first-order chi connectivity index (χ1) is 13.4. The zero-order chi connectivity index (χ0) is 20.3. The van der Waals surface area contributed by atoms with Gasteiger partial charge >= 0.3 is 5.97 Å². The lowest BCUT2D eigenvalue weighted by Crippen LogP contribution is -2.48. The fraction of sp³-hybridized carbons (Fsp3) is 0.500. The van der Waals surface area contributed by atoms with Gasteiger partial charge in [-0.3, -0.25) is 9.48 Å². The Morgan fingerprint density at radius 2 is 1.86 bits per heavy atom. The summed E-state index contributed by atoms with van der Waals surface area (Å²) < 4.78 is 1.99. The quantitative estimate of drug-likeness (QED) is 0.831. The molecule has 1 N–H and O–H groups in total. The van der Waals surface area contributed by atoms with Gasteiger partial charge in [-0.2, -0.15) is 5.10 Å². The molecule has 6 heteroatoms. The molecule has 150 valence electrons. The van der Waals surface area contributed by atoms with Crippen molar-refractivity contribution in [2.24, 2.45) is 0 Å². The van der Waals surface area contributed by atoms with Crippen LogP contribution >= 0.6 is 0 Å². The van der Waals surface area contributed by atoms with Gasteiger partial charge in [0.1, 0.15) is 6.04 Å². The second-order valence-corrected chi connectivity index (χ2v) is 7.73. The van der Waals surface area contributed by atoms with Crippen molar-refractivity contribution in [1.82, 2.24) is 14.7 Å². The Morgan fingerprint density at radius 3 is 2.54 bits per heavy atom. The van der Waals surface area contributed by atoms with Gasteiger partial charge in [0, 0.05) is 18.7 Å². The van der Waals surface area contributed by atoms with E-state index < -0.39 is 12.0 Å². The second kappa shape index (κ2) is 8.59. The SMILES string of the molecule is Cc1ccc(Cn2nc(C)c(CCC(=O)N3CCCCC3C(=O)O)c2C)cc1. The zero-order valence-corrected chi connectivity index (χ0v) is 16.9. The summed E-state index contributed by atoms with van der Waals surface area (Å²) in [6, 6.07) is 7.73. The molecular weight excluding hydrogens is 354 g/mol. The van der Waals surface area contributed by atoms with Crippen LogP contribution in [0, 0.1) is 20.8 Å². The van der Waals surface area contributed by atoms with Crippen LogP contribution in [0.4, 0.5) is 0 Å². The molecule has 0 radical (unpaired) electrons. The second-order valence-electron chi connectivity index (χ2n) is 7.73. The summed E-state index contributed by atoms with van der Waals surface area (Å²) in [4.78, 5) is 25.7. The first-order valence-corrected chi connectivity index (χ1v) is 9.97. The normalized spacial score (nSPS) is 17.0. The molecule has 1 unspecified atom stereocenters. The van der Waals surface area contributed by atoms with Crippen LogP contribution in [0.5, 0.6) is 0 Å². The topological polar surface area (TPSA) is 75.4 Å². The maximum Gasteiger partial charge on any atom is 0.326 e. The Kier molecular flexibility index (Phi) is 6.17. The van der Waals surface area contributed by atoms with Crippen LogP contribution in [-0.2, 0) is 22.6 Å². The molecule has 6 nitrogen and oxygen atoms in total. The molecule has 1 aliphatic rings. The van der Waals surface area contributed by atoms with E-state index in [1.54, 1.807) is 4.90 Å². The first kappa shape index (κ1) is 20.1. The fourth-order valence-electron chi connectivity index (χ4n) is 3.98. The summed E-state index contributed by atoms with van der Waals surface area (Å²) in [5, 5.41) is 14.0. The maximum atomic E-state index is 12.7. The third-order valence-electron chi connectivity index (χ3n) is 5.68. The molecule has 2 aromatic rings. The lowest BCUT2D eigenvalue weighted by Gasteiger charge is -2.33. The highest BCUT2D eigenvalue weighted by molar-refractivity contribution is 5.84. The van der Waals surface area contributed by atoms with Crippen LogP contribution in [0.3, 0.4) is 0 Å². The van der Waals surface area contributed by atoms with Gasteiger partial charge in [0.25, 0.3) is 0 Å². The third-order valence-corrected chi connectivity index (χ3v) is 5.68. The molecule has 0 aliphatic carbocycles. The van der Waals surface area contributed by atoms with Gasteiger partial charge in [-0.25, -0.2) is 4.79 Å². The van der Waals surface area contributed by atoms with Gasteiger partial charge in [-0.1, -0.05) is 29.8 Å². The highest BCUT2D eigenvalue weighted by atomic mass is 16.4. The molecule has 1 atom stereocenters. The number of benzene rings is 1. The first-order valence-electron chi connectivity index (χ1n) is 9.97. The third kappa shape index (κ3) is 4.43. The standard InChI is InChI=1S/C22H29N3O3/c1-15-7-9-18(10-8-15)14-25-17(3)19(16(2)23-25)11-12-21(26)24-13-5-4-6-20(24)22(27)28/h7-10,20H,4-6,11-14H2,1-3H3,(H,27,28). The number of aryl methyl sites for hydroxylation is 2. The number of aliphatic carboxylic acids is 1. The summed E-state index contributed by atoms with van der Waals surface area (Å²) in [6.07, 6.45) is 3.20. The Morgan fingerprint density at radius 1 is 1.14 bits per heavy atom. The van der Waals surface area contributed by atoms with E-state index in [0.29, 0.717) is 32.4 Å². The van der Waals surface area contributed by atoms with Crippen LogP contribution in [0.25, 0.3) is 0 Å². The van der Waals surface area contributed by atoms with Crippen molar-refractivity contribution in [2.45, 2.75) is 65.5 Å². The fourth-order valence-corrected chi connectivity index (χ4v) is 3.98. The van der Waals surface area contributed by atoms with E-state index in [-0.39, 0.29) is 5.91 Å². The molecule has 0 saturated carbocycles. The summed E-state index contributed by atoms with van der Waals surface area (Å²) in [5.41, 5.74) is 5.51. The number of carboxylic acids is 1. The summed E-state index contributed by atoms with van der Waals surface area (Å²) in [7, 11) is 0. The van der Waals surface area contributed by atoms with Crippen molar-refractivity contribution >= 4 is 11.9 Å². The van der Waals surface area contributed by atoms with Gasteiger partial charge in [0.05, 0.1) is 12.2 Å². The summed E-state index contributed by atoms with van der Waals surface area (Å²) in [6.45, 7) is 7.32. The number of aromatic nitrogens is 2. The van der Waals surface area contributed by atoms with E-state index in [2.05, 4.69) is 36.3 Å². The van der Waals surface area contributed by atoms with E-state index in [1.807, 2.05) is 18.5 Å². The molecule has 0 spiro atoms. The number of carbonyl (C=O) groups excluding carboxylic acids is 1. The van der Waals surface area contributed by atoms with Gasteiger partial charge < -0.3 is 10.0 Å². The molecule has 28 heavy (non-hydrogen) atoms. The number of amides is 1. The van der Waals surface area contributed by atoms with Crippen molar-refractivity contribution in [1.29, 1.82) is 0 Å². The molecule has 1 aliphatic heterocycles. The largest absolute Gasteiger partial charge is 0.480 e. The van der Waals surface area contributed by atoms with Gasteiger partial charge in [-0.15, -0.1) is 0 Å². The molecule has 0 bridgehead atoms. The Hall–Kier alpha value is -2.63. The van der Waals surface area contributed by atoms with Crippen molar-refractivity contribution < 1.29 is 14.7 Å². The predicted molar refractivity (Wildman–Crippen MR) is 107 cm³/mol. The van der Waals surface area contributed by atoms with Crippen molar-refractivity contribution in [3.63, 3.8) is 0 Å². The van der Waals surface area contributed by atoms with Crippen LogP contribution in [0.2, 0.25) is 0 Å². The highest BCUT2D eigenvalue weighted by Crippen LogP contribution is 2.21. The molecule has 1 amide bonds. The van der Waals surface area contributed by atoms with Crippen LogP contribution in [-0.4, -0.2) is 44.3 Å². The van der Waals surface area contributed by atoms with Crippen LogP contribution in [0.15, 0.2) is 24.3 Å². The van der Waals surface area contributed by atoms with Crippen molar-refractivity contribution in [3.05, 3.63) is 52.3 Å². The number of hydrogen-bond donors (Lipinski definition) is 1. The minimum Gasteiger partial charge on any atom is -0.480 e. The Bertz CT molecular complexity index is 855. The van der Waals surface area contributed by atoms with Crippen LogP contribution in [0.1, 0.15) is 53.8 Å². The predicted octanol–water partition coefficient (Wildman–Crippen LogP) is 3.25. The number of likely N-dealkylation sites (tertiary alicyclic amines) is 1. The molecule has 1 fully saturated rings. The van der Waals surface area contributed by atoms with E-state index >= 15 is 0 Å². The Labute approximate surface area is 166 Å². The molecule has 1 aromatic heterocycles. The average Bonchev–Trinajstić information content (AvgIpc) is 2.94. The van der Waals surface area contributed by atoms with Gasteiger partial charge in [-0.05, 0) is 57.6 Å². The van der Waals surface area contributed by atoms with E-state index in [0.717, 1.165) is 29.8 Å². The summed E-state index contributed by atoms with van der Waals surface area (Å²) in [5.74, 6) is -0.969. The van der Waals surface area contributed by atoms with E-state index in [9.17, 15) is 14.7 Å². The number of carbonyl (C=O) groups is 2. The number of nitrogens with zero attached hydrogens (tertiary/aromatic N) is 3. The monoisotopic (exact) mass is 383 g/mol. The van der Waals surface area contributed by atoms with Crippen molar-refractivity contribution in [3.8, 4) is 0 Å². The molecule has 2 heterocycles. The number of piperidine rings is 1. The molecule has 3 rings (SSSR count). The average molecular weight is 383 g/mol. The number of rotatable bonds is 6.